The fourth-order valence-corrected chi connectivity index (χ4v) is 2.25. The molecule has 0 aliphatic carbocycles. The number of likely N-dealkylation sites (N-methyl/N-ethyl adjacent to an activating group) is 1. The van der Waals surface area contributed by atoms with Crippen molar-refractivity contribution in [1.29, 1.82) is 0 Å². The van der Waals surface area contributed by atoms with Crippen molar-refractivity contribution in [1.82, 2.24) is 4.90 Å². The fourth-order valence-electron chi connectivity index (χ4n) is 2.07. The number of carbonyl (C=O) groups excluding carboxylic acids is 3. The second-order valence-corrected chi connectivity index (χ2v) is 6.05. The van der Waals surface area contributed by atoms with Crippen LogP contribution in [0, 0.1) is 5.82 Å². The number of benzene rings is 2. The Balaban J connectivity index is 1.83. The van der Waals surface area contributed by atoms with Gasteiger partial charge in [-0.15, -0.1) is 0 Å². The lowest BCUT2D eigenvalue weighted by atomic mass is 10.2. The van der Waals surface area contributed by atoms with Crippen molar-refractivity contribution in [3.8, 4) is 0 Å². The van der Waals surface area contributed by atoms with Crippen LogP contribution in [0.15, 0.2) is 42.5 Å². The maximum Gasteiger partial charge on any atom is 0.340 e. The zero-order chi connectivity index (χ0) is 20.0. The quantitative estimate of drug-likeness (QED) is 0.579. The minimum atomic E-state index is -0.776. The molecule has 2 amide bonds. The first-order valence-corrected chi connectivity index (χ1v) is 8.15. The van der Waals surface area contributed by atoms with E-state index in [9.17, 15) is 18.8 Å². The largest absolute Gasteiger partial charge is 0.452 e. The smallest absolute Gasteiger partial charge is 0.340 e. The van der Waals surface area contributed by atoms with Crippen LogP contribution in [0.5, 0.6) is 0 Å². The number of halogens is 2. The van der Waals surface area contributed by atoms with E-state index in [0.29, 0.717) is 10.7 Å². The maximum atomic E-state index is 12.8. The van der Waals surface area contributed by atoms with E-state index in [1.165, 1.54) is 49.5 Å². The lowest BCUT2D eigenvalue weighted by Crippen LogP contribution is -2.37. The van der Waals surface area contributed by atoms with Gasteiger partial charge in [0.15, 0.2) is 6.61 Å². The van der Waals surface area contributed by atoms with Gasteiger partial charge in [0, 0.05) is 23.4 Å². The van der Waals surface area contributed by atoms with Gasteiger partial charge in [0.25, 0.3) is 5.91 Å². The Morgan fingerprint density at radius 3 is 2.48 bits per heavy atom. The van der Waals surface area contributed by atoms with E-state index in [0.717, 1.165) is 4.90 Å². The molecule has 3 N–H and O–H groups in total. The lowest BCUT2D eigenvalue weighted by molar-refractivity contribution is -0.136. The molecule has 0 aliphatic heterocycles. The number of nitrogens with two attached hydrogens (primary N) is 1. The molecule has 0 fully saturated rings. The van der Waals surface area contributed by atoms with Gasteiger partial charge in [-0.2, -0.15) is 0 Å². The highest BCUT2D eigenvalue weighted by atomic mass is 35.5. The highest BCUT2D eigenvalue weighted by molar-refractivity contribution is 6.31. The summed E-state index contributed by atoms with van der Waals surface area (Å²) in [6.45, 7) is -0.821. The summed E-state index contributed by atoms with van der Waals surface area (Å²) in [6.07, 6.45) is 0. The van der Waals surface area contributed by atoms with Crippen LogP contribution in [-0.2, 0) is 14.3 Å². The second kappa shape index (κ2) is 9.00. The van der Waals surface area contributed by atoms with Crippen LogP contribution in [0.4, 0.5) is 15.8 Å². The van der Waals surface area contributed by atoms with E-state index in [1.54, 1.807) is 0 Å². The van der Waals surface area contributed by atoms with Crippen LogP contribution in [0.1, 0.15) is 10.4 Å². The highest BCUT2D eigenvalue weighted by Crippen LogP contribution is 2.18. The second-order valence-electron chi connectivity index (χ2n) is 5.61. The minimum absolute atomic E-state index is 0.0869. The molecule has 0 saturated heterocycles. The molecule has 9 heteroatoms. The fraction of sp³-hybridized carbons (Fsp3) is 0.167. The molecule has 2 rings (SSSR count). The Kier molecular flexibility index (Phi) is 6.73. The Bertz CT molecular complexity index is 858. The molecule has 2 aromatic rings. The number of hydrogen-bond acceptors (Lipinski definition) is 5. The number of hydrogen-bond donors (Lipinski definition) is 2. The predicted octanol–water partition coefficient (Wildman–Crippen LogP) is 2.32. The zero-order valence-electron chi connectivity index (χ0n) is 14.4. The molecule has 0 bridgehead atoms. The minimum Gasteiger partial charge on any atom is -0.452 e. The molecule has 0 saturated carbocycles. The monoisotopic (exact) mass is 393 g/mol. The van der Waals surface area contributed by atoms with Gasteiger partial charge in [-0.3, -0.25) is 9.59 Å². The first kappa shape index (κ1) is 20.2. The first-order valence-electron chi connectivity index (χ1n) is 7.78. The third-order valence-electron chi connectivity index (χ3n) is 3.49. The molecule has 0 heterocycles. The van der Waals surface area contributed by atoms with Crippen LogP contribution in [-0.4, -0.2) is 42.9 Å². The summed E-state index contributed by atoms with van der Waals surface area (Å²) >= 11 is 5.76. The number of nitrogen functional groups attached to an aromatic ring is 1. The van der Waals surface area contributed by atoms with Crippen molar-refractivity contribution < 1.29 is 23.5 Å². The van der Waals surface area contributed by atoms with Crippen LogP contribution in [0.2, 0.25) is 5.02 Å². The Morgan fingerprint density at radius 1 is 1.19 bits per heavy atom. The molecule has 0 atom stereocenters. The van der Waals surface area contributed by atoms with Crippen LogP contribution >= 0.6 is 11.6 Å². The molecular formula is C18H17ClFN3O4. The normalized spacial score (nSPS) is 10.2. The van der Waals surface area contributed by atoms with Crippen molar-refractivity contribution >= 4 is 40.8 Å². The molecule has 0 spiro atoms. The van der Waals surface area contributed by atoms with Gasteiger partial charge in [-0.25, -0.2) is 9.18 Å². The zero-order valence-corrected chi connectivity index (χ0v) is 15.1. The van der Waals surface area contributed by atoms with Gasteiger partial charge in [0.2, 0.25) is 5.91 Å². The molecule has 0 unspecified atom stereocenters. The van der Waals surface area contributed by atoms with Gasteiger partial charge >= 0.3 is 5.97 Å². The van der Waals surface area contributed by atoms with Crippen molar-refractivity contribution in [2.75, 3.05) is 31.2 Å². The van der Waals surface area contributed by atoms with E-state index in [-0.39, 0.29) is 17.8 Å². The van der Waals surface area contributed by atoms with Gasteiger partial charge in [0.05, 0.1) is 12.1 Å². The number of rotatable bonds is 6. The maximum absolute atomic E-state index is 12.8. The number of amides is 2. The number of anilines is 2. The van der Waals surface area contributed by atoms with Crippen molar-refractivity contribution in [3.05, 3.63) is 58.9 Å². The summed E-state index contributed by atoms with van der Waals surface area (Å²) in [5.41, 5.74) is 6.29. The average molecular weight is 394 g/mol. The van der Waals surface area contributed by atoms with Gasteiger partial charge in [-0.05, 0) is 42.5 Å². The Morgan fingerprint density at radius 2 is 1.85 bits per heavy atom. The van der Waals surface area contributed by atoms with E-state index >= 15 is 0 Å². The summed E-state index contributed by atoms with van der Waals surface area (Å²) in [7, 11) is 1.39. The van der Waals surface area contributed by atoms with Crippen LogP contribution in [0.3, 0.4) is 0 Å². The van der Waals surface area contributed by atoms with Crippen LogP contribution < -0.4 is 11.1 Å². The van der Waals surface area contributed by atoms with Crippen molar-refractivity contribution in [2.45, 2.75) is 0 Å². The molecular weight excluding hydrogens is 377 g/mol. The SMILES string of the molecule is CN(CC(=O)Nc1ccc(F)cc1)C(=O)COC(=O)c1ccc(Cl)cc1N. The van der Waals surface area contributed by atoms with Gasteiger partial charge < -0.3 is 20.7 Å². The summed E-state index contributed by atoms with van der Waals surface area (Å²) < 4.78 is 17.8. The third kappa shape index (κ3) is 5.96. The Hall–Kier alpha value is -3.13. The standard InChI is InChI=1S/C18H17ClFN3O4/c1-23(9-16(24)22-13-5-3-12(20)4-6-13)17(25)10-27-18(26)14-7-2-11(19)8-15(14)21/h2-8H,9-10,21H2,1H3,(H,22,24). The molecule has 142 valence electrons. The molecule has 0 aliphatic rings. The van der Waals surface area contributed by atoms with E-state index in [4.69, 9.17) is 22.1 Å². The highest BCUT2D eigenvalue weighted by Gasteiger charge is 2.17. The topological polar surface area (TPSA) is 102 Å². The van der Waals surface area contributed by atoms with Gasteiger partial charge in [0.1, 0.15) is 5.82 Å². The summed E-state index contributed by atoms with van der Waals surface area (Å²) in [5, 5.41) is 2.89. The predicted molar refractivity (Wildman–Crippen MR) is 98.8 cm³/mol. The van der Waals surface area contributed by atoms with Gasteiger partial charge in [-0.1, -0.05) is 11.6 Å². The summed E-state index contributed by atoms with van der Waals surface area (Å²) in [6, 6.07) is 9.46. The van der Waals surface area contributed by atoms with E-state index < -0.39 is 30.2 Å². The molecule has 2 aromatic carbocycles. The first-order chi connectivity index (χ1) is 12.8. The number of nitrogens with one attached hydrogen (secondary N) is 1. The number of nitrogens with zero attached hydrogens (tertiary/aromatic N) is 1. The lowest BCUT2D eigenvalue weighted by Gasteiger charge is -2.17. The number of ether oxygens (including phenoxy) is 1. The van der Waals surface area contributed by atoms with Crippen molar-refractivity contribution in [3.63, 3.8) is 0 Å². The Labute approximate surface area is 159 Å². The molecule has 0 radical (unpaired) electrons. The summed E-state index contributed by atoms with van der Waals surface area (Å²) in [4.78, 5) is 37.0. The molecule has 0 aromatic heterocycles. The third-order valence-corrected chi connectivity index (χ3v) is 3.73. The number of carbonyl (C=O) groups is 3. The van der Waals surface area contributed by atoms with E-state index in [2.05, 4.69) is 5.32 Å². The van der Waals surface area contributed by atoms with E-state index in [1.807, 2.05) is 0 Å². The number of esters is 1. The van der Waals surface area contributed by atoms with Crippen LogP contribution in [0.25, 0.3) is 0 Å². The van der Waals surface area contributed by atoms with Crippen molar-refractivity contribution in [2.24, 2.45) is 0 Å². The summed E-state index contributed by atoms with van der Waals surface area (Å²) in [5.74, 6) is -2.26. The average Bonchev–Trinajstić information content (AvgIpc) is 2.61. The molecule has 7 nitrogen and oxygen atoms in total. The molecule has 27 heavy (non-hydrogen) atoms.